The highest BCUT2D eigenvalue weighted by molar-refractivity contribution is 4.58. The van der Waals surface area contributed by atoms with E-state index in [0.717, 1.165) is 23.7 Å². The van der Waals surface area contributed by atoms with E-state index in [4.69, 9.17) is 0 Å². The molecule has 134 valence electrons. The van der Waals surface area contributed by atoms with Crippen molar-refractivity contribution >= 4 is 0 Å². The van der Waals surface area contributed by atoms with Crippen LogP contribution in [0.1, 0.15) is 119 Å². The van der Waals surface area contributed by atoms with E-state index >= 15 is 0 Å². The van der Waals surface area contributed by atoms with Crippen molar-refractivity contribution in [3.8, 4) is 0 Å². The molecule has 0 aromatic carbocycles. The molecule has 0 heterocycles. The van der Waals surface area contributed by atoms with Gasteiger partial charge in [0.25, 0.3) is 0 Å². The highest BCUT2D eigenvalue weighted by Crippen LogP contribution is 2.21. The van der Waals surface area contributed by atoms with E-state index in [1.165, 1.54) is 77.0 Å². The minimum absolute atomic E-state index is 0.884. The van der Waals surface area contributed by atoms with Gasteiger partial charge in [-0.3, -0.25) is 0 Å². The molecule has 0 aromatic heterocycles. The second-order valence-electron chi connectivity index (χ2n) is 8.85. The molecule has 0 aliphatic heterocycles. The highest BCUT2D eigenvalue weighted by Gasteiger charge is 2.05. The van der Waals surface area contributed by atoms with Crippen LogP contribution < -0.4 is 0 Å². The van der Waals surface area contributed by atoms with Crippen LogP contribution in [0.5, 0.6) is 0 Å². The molecule has 2 unspecified atom stereocenters. The van der Waals surface area contributed by atoms with Gasteiger partial charge in [0.15, 0.2) is 0 Å². The van der Waals surface area contributed by atoms with Crippen molar-refractivity contribution in [2.45, 2.75) is 119 Å². The minimum Gasteiger partial charge on any atom is -0.0628 e. The molecule has 0 heteroatoms. The monoisotopic (exact) mass is 310 g/mol. The largest absolute Gasteiger partial charge is 0.0628 e. The van der Waals surface area contributed by atoms with Crippen LogP contribution in [0.15, 0.2) is 0 Å². The van der Waals surface area contributed by atoms with E-state index in [1.807, 2.05) is 0 Å². The fourth-order valence-electron chi connectivity index (χ4n) is 3.38. The lowest BCUT2D eigenvalue weighted by molar-refractivity contribution is 0.402. The van der Waals surface area contributed by atoms with Gasteiger partial charge in [-0.25, -0.2) is 0 Å². The summed E-state index contributed by atoms with van der Waals surface area (Å²) in [6, 6.07) is 0. The summed E-state index contributed by atoms with van der Waals surface area (Å²) in [6.45, 7) is 14.3. The summed E-state index contributed by atoms with van der Waals surface area (Å²) < 4.78 is 0. The lowest BCUT2D eigenvalue weighted by atomic mass is 9.93. The molecule has 0 amide bonds. The van der Waals surface area contributed by atoms with Crippen LogP contribution in [0.2, 0.25) is 0 Å². The van der Waals surface area contributed by atoms with Crippen molar-refractivity contribution in [2.75, 3.05) is 0 Å². The second-order valence-corrected chi connectivity index (χ2v) is 8.85. The van der Waals surface area contributed by atoms with Gasteiger partial charge in [-0.05, 0) is 23.7 Å². The van der Waals surface area contributed by atoms with E-state index in [9.17, 15) is 0 Å². The predicted octanol–water partition coefficient (Wildman–Crippen LogP) is 8.25. The summed E-state index contributed by atoms with van der Waals surface area (Å²) in [4.78, 5) is 0. The quantitative estimate of drug-likeness (QED) is 0.267. The van der Waals surface area contributed by atoms with Crippen molar-refractivity contribution in [2.24, 2.45) is 23.7 Å². The molecule has 0 radical (unpaired) electrons. The van der Waals surface area contributed by atoms with Crippen molar-refractivity contribution in [3.63, 3.8) is 0 Å². The van der Waals surface area contributed by atoms with Gasteiger partial charge in [-0.15, -0.1) is 0 Å². The van der Waals surface area contributed by atoms with Gasteiger partial charge in [0, 0.05) is 0 Å². The summed E-state index contributed by atoms with van der Waals surface area (Å²) in [5, 5.41) is 0. The smallest absolute Gasteiger partial charge is 0.0443 e. The molecular formula is C22H46. The van der Waals surface area contributed by atoms with Crippen molar-refractivity contribution < 1.29 is 0 Å². The maximum absolute atomic E-state index is 2.46. The molecule has 0 saturated carbocycles. The Labute approximate surface area is 142 Å². The van der Waals surface area contributed by atoms with Crippen molar-refractivity contribution in [3.05, 3.63) is 0 Å². The Morgan fingerprint density at radius 2 is 0.682 bits per heavy atom. The van der Waals surface area contributed by atoms with Crippen LogP contribution >= 0.6 is 0 Å². The summed E-state index contributed by atoms with van der Waals surface area (Å²) in [6.07, 6.45) is 17.4. The Hall–Kier alpha value is 0. The SMILES string of the molecule is CC(C)CCCC(C)CCCCCCC(C)CCCC(C)C. The summed E-state index contributed by atoms with van der Waals surface area (Å²) >= 11 is 0. The molecular weight excluding hydrogens is 264 g/mol. The van der Waals surface area contributed by atoms with Gasteiger partial charge >= 0.3 is 0 Å². The van der Waals surface area contributed by atoms with Gasteiger partial charge in [-0.1, -0.05) is 119 Å². The molecule has 22 heavy (non-hydrogen) atoms. The lowest BCUT2D eigenvalue weighted by Crippen LogP contribution is -1.98. The van der Waals surface area contributed by atoms with Crippen LogP contribution in [-0.2, 0) is 0 Å². The van der Waals surface area contributed by atoms with Crippen molar-refractivity contribution in [1.82, 2.24) is 0 Å². The second kappa shape index (κ2) is 14.6. The molecule has 2 atom stereocenters. The molecule has 0 aromatic rings. The van der Waals surface area contributed by atoms with Crippen LogP contribution in [0, 0.1) is 23.7 Å². The fourth-order valence-corrected chi connectivity index (χ4v) is 3.38. The average Bonchev–Trinajstić information content (AvgIpc) is 2.41. The first-order chi connectivity index (χ1) is 10.4. The minimum atomic E-state index is 0.884. The lowest BCUT2D eigenvalue weighted by Gasteiger charge is -2.13. The molecule has 0 N–H and O–H groups in total. The van der Waals surface area contributed by atoms with E-state index < -0.39 is 0 Å². The Balaban J connectivity index is 3.31. The fraction of sp³-hybridized carbons (Fsp3) is 1.00. The third-order valence-corrected chi connectivity index (χ3v) is 5.10. The van der Waals surface area contributed by atoms with E-state index in [-0.39, 0.29) is 0 Å². The molecule has 0 saturated heterocycles. The number of rotatable bonds is 15. The summed E-state index contributed by atoms with van der Waals surface area (Å²) in [5.41, 5.74) is 0. The van der Waals surface area contributed by atoms with Gasteiger partial charge in [0.1, 0.15) is 0 Å². The van der Waals surface area contributed by atoms with Gasteiger partial charge in [0.2, 0.25) is 0 Å². The predicted molar refractivity (Wildman–Crippen MR) is 103 cm³/mol. The van der Waals surface area contributed by atoms with Crippen molar-refractivity contribution in [1.29, 1.82) is 0 Å². The molecule has 0 nitrogen and oxygen atoms in total. The van der Waals surface area contributed by atoms with Gasteiger partial charge in [0.05, 0.1) is 0 Å². The first-order valence-electron chi connectivity index (χ1n) is 10.4. The molecule has 0 aliphatic carbocycles. The number of hydrogen-bond donors (Lipinski definition) is 0. The highest BCUT2D eigenvalue weighted by atomic mass is 14.1. The first kappa shape index (κ1) is 22.0. The average molecular weight is 311 g/mol. The van der Waals surface area contributed by atoms with E-state index in [2.05, 4.69) is 41.5 Å². The molecule has 0 aliphatic rings. The molecule has 0 rings (SSSR count). The van der Waals surface area contributed by atoms with Crippen LogP contribution in [0.3, 0.4) is 0 Å². The van der Waals surface area contributed by atoms with Crippen LogP contribution in [0.4, 0.5) is 0 Å². The summed E-state index contributed by atoms with van der Waals surface area (Å²) in [5.74, 6) is 3.67. The Morgan fingerprint density at radius 3 is 1.00 bits per heavy atom. The molecule has 0 bridgehead atoms. The zero-order valence-electron chi connectivity index (χ0n) is 16.8. The Morgan fingerprint density at radius 1 is 0.364 bits per heavy atom. The standard InChI is InChI=1S/C22H46/c1-19(2)13-11-17-21(5)15-9-7-8-10-16-22(6)18-12-14-20(3)4/h19-22H,7-18H2,1-6H3. The zero-order chi connectivity index (χ0) is 16.8. The normalized spacial score (nSPS) is 14.7. The van der Waals surface area contributed by atoms with E-state index in [1.54, 1.807) is 0 Å². The Kier molecular flexibility index (Phi) is 14.6. The van der Waals surface area contributed by atoms with Gasteiger partial charge < -0.3 is 0 Å². The molecule has 0 spiro atoms. The van der Waals surface area contributed by atoms with Gasteiger partial charge in [-0.2, -0.15) is 0 Å². The summed E-state index contributed by atoms with van der Waals surface area (Å²) in [7, 11) is 0. The number of unbranched alkanes of at least 4 members (excludes halogenated alkanes) is 3. The van der Waals surface area contributed by atoms with E-state index in [0.29, 0.717) is 0 Å². The van der Waals surface area contributed by atoms with Crippen LogP contribution in [0.25, 0.3) is 0 Å². The topological polar surface area (TPSA) is 0 Å². The zero-order valence-corrected chi connectivity index (χ0v) is 16.8. The van der Waals surface area contributed by atoms with Crippen LogP contribution in [-0.4, -0.2) is 0 Å². The maximum atomic E-state index is 2.46. The third-order valence-electron chi connectivity index (χ3n) is 5.10. The maximum Gasteiger partial charge on any atom is -0.0443 e. The number of hydrogen-bond acceptors (Lipinski definition) is 0. The molecule has 0 fully saturated rings. The third kappa shape index (κ3) is 16.4. The Bertz CT molecular complexity index is 192. The first-order valence-corrected chi connectivity index (χ1v) is 10.4.